The highest BCUT2D eigenvalue weighted by Gasteiger charge is 2.77. The molecule has 0 spiro atoms. The van der Waals surface area contributed by atoms with E-state index in [-0.39, 0.29) is 16.2 Å². The van der Waals surface area contributed by atoms with Crippen LogP contribution in [0, 0.1) is 17.0 Å². The first kappa shape index (κ1) is 17.7. The van der Waals surface area contributed by atoms with Crippen LogP contribution in [0.4, 0.5) is 5.69 Å². The summed E-state index contributed by atoms with van der Waals surface area (Å²) in [5.41, 5.74) is -4.11. The molecule has 8 heteroatoms. The van der Waals surface area contributed by atoms with E-state index in [1.54, 1.807) is 42.7 Å². The number of carbonyl (C=O) groups excluding carboxylic acids is 1. The van der Waals surface area contributed by atoms with Gasteiger partial charge in [0, 0.05) is 16.8 Å². The van der Waals surface area contributed by atoms with Crippen molar-refractivity contribution in [1.29, 1.82) is 0 Å². The van der Waals surface area contributed by atoms with Gasteiger partial charge in [0.15, 0.2) is 5.03 Å². The first-order valence-corrected chi connectivity index (χ1v) is 9.40. The second-order valence-corrected chi connectivity index (χ2v) is 7.34. The summed E-state index contributed by atoms with van der Waals surface area (Å²) in [5, 5.41) is 35.0. The van der Waals surface area contributed by atoms with Gasteiger partial charge in [-0.05, 0) is 25.3 Å². The zero-order valence-electron chi connectivity index (χ0n) is 14.5. The minimum Gasteiger partial charge on any atom is -0.368 e. The molecule has 4 rings (SSSR count). The zero-order valence-corrected chi connectivity index (χ0v) is 15.4. The summed E-state index contributed by atoms with van der Waals surface area (Å²) in [7, 11) is 0. The molecule has 0 unspecified atom stereocenters. The number of ketones is 1. The van der Waals surface area contributed by atoms with E-state index in [0.29, 0.717) is 5.69 Å². The summed E-state index contributed by atoms with van der Waals surface area (Å²) in [4.78, 5) is 25.4. The molecule has 27 heavy (non-hydrogen) atoms. The average molecular weight is 384 g/mol. The largest absolute Gasteiger partial charge is 0.368 e. The van der Waals surface area contributed by atoms with Crippen molar-refractivity contribution in [1.82, 2.24) is 0 Å². The Morgan fingerprint density at radius 1 is 1.11 bits per heavy atom. The van der Waals surface area contributed by atoms with Gasteiger partial charge < -0.3 is 10.2 Å². The van der Waals surface area contributed by atoms with E-state index < -0.39 is 27.7 Å². The zero-order chi connectivity index (χ0) is 19.6. The third-order valence-corrected chi connectivity index (χ3v) is 5.88. The number of nitrogens with zero attached hydrogens (tertiary/aromatic N) is 2. The fraction of sp³-hybridized carbons (Fsp3) is 0.211. The Morgan fingerprint density at radius 2 is 1.74 bits per heavy atom. The van der Waals surface area contributed by atoms with Crippen molar-refractivity contribution in [2.45, 2.75) is 18.2 Å². The maximum atomic E-state index is 13.0. The molecule has 0 fully saturated rings. The van der Waals surface area contributed by atoms with Crippen LogP contribution in [0.3, 0.4) is 0 Å². The van der Waals surface area contributed by atoms with Gasteiger partial charge in [-0.3, -0.25) is 19.8 Å². The van der Waals surface area contributed by atoms with Gasteiger partial charge in [-0.25, -0.2) is 0 Å². The van der Waals surface area contributed by atoms with Gasteiger partial charge >= 0.3 is 5.70 Å². The first-order valence-electron chi connectivity index (χ1n) is 8.17. The maximum absolute atomic E-state index is 13.0. The Hall–Kier alpha value is -2.68. The average Bonchev–Trinajstić information content (AvgIpc) is 2.97. The molecule has 7 nitrogen and oxygen atoms in total. The smallest absolute Gasteiger partial charge is 0.321 e. The van der Waals surface area contributed by atoms with E-state index in [2.05, 4.69) is 0 Å². The molecule has 0 saturated heterocycles. The van der Waals surface area contributed by atoms with E-state index >= 15 is 0 Å². The van der Waals surface area contributed by atoms with Crippen LogP contribution in [0.1, 0.15) is 21.5 Å². The van der Waals surface area contributed by atoms with Gasteiger partial charge in [0.25, 0.3) is 5.60 Å². The summed E-state index contributed by atoms with van der Waals surface area (Å²) >= 11 is 0.998. The summed E-state index contributed by atoms with van der Waals surface area (Å²) in [5.74, 6) is -0.881. The first-order chi connectivity index (χ1) is 12.8. The minimum atomic E-state index is -2.70. The molecular formula is C19H16N2O5S. The highest BCUT2D eigenvalue weighted by atomic mass is 32.2. The van der Waals surface area contributed by atoms with Crippen LogP contribution in [0.2, 0.25) is 0 Å². The SMILES string of the molecule is CSC1=C([N+](=O)[O-])[C@]2(O)C(=O)c3ccccc3[C@]2(O)N1c1ccc(C)cc1. The highest BCUT2D eigenvalue weighted by Crippen LogP contribution is 2.59. The molecular weight excluding hydrogens is 368 g/mol. The Bertz CT molecular complexity index is 1020. The van der Waals surface area contributed by atoms with Gasteiger partial charge in [-0.1, -0.05) is 42.0 Å². The highest BCUT2D eigenvalue weighted by molar-refractivity contribution is 8.02. The van der Waals surface area contributed by atoms with E-state index in [1.165, 1.54) is 17.0 Å². The minimum absolute atomic E-state index is 0.0247. The number of anilines is 1. The number of aryl methyl sites for hydroxylation is 1. The van der Waals surface area contributed by atoms with Gasteiger partial charge in [0.05, 0.1) is 4.92 Å². The number of Topliss-reactive ketones (excluding diaryl/α,β-unsaturated/α-hetero) is 1. The molecule has 2 aliphatic rings. The van der Waals surface area contributed by atoms with Crippen molar-refractivity contribution >= 4 is 23.2 Å². The summed E-state index contributed by atoms with van der Waals surface area (Å²) in [6.07, 6.45) is 1.60. The van der Waals surface area contributed by atoms with Crippen molar-refractivity contribution in [2.24, 2.45) is 0 Å². The molecule has 138 valence electrons. The van der Waals surface area contributed by atoms with Crippen LogP contribution in [0.25, 0.3) is 0 Å². The molecule has 0 bridgehead atoms. The fourth-order valence-electron chi connectivity index (χ4n) is 3.89. The lowest BCUT2D eigenvalue weighted by atomic mass is 9.89. The maximum Gasteiger partial charge on any atom is 0.321 e. The lowest BCUT2D eigenvalue weighted by molar-refractivity contribution is -0.443. The lowest BCUT2D eigenvalue weighted by Gasteiger charge is -2.38. The predicted molar refractivity (Wildman–Crippen MR) is 101 cm³/mol. The van der Waals surface area contributed by atoms with Crippen LogP contribution in [-0.2, 0) is 5.72 Å². The fourth-order valence-corrected chi connectivity index (χ4v) is 4.73. The number of carbonyl (C=O) groups is 1. The molecule has 2 aromatic rings. The van der Waals surface area contributed by atoms with E-state index in [0.717, 1.165) is 17.3 Å². The normalized spacial score (nSPS) is 26.4. The van der Waals surface area contributed by atoms with Gasteiger partial charge in [0.1, 0.15) is 0 Å². The number of nitro groups is 1. The predicted octanol–water partition coefficient (Wildman–Crippen LogP) is 2.40. The summed E-state index contributed by atoms with van der Waals surface area (Å²) < 4.78 is 0. The van der Waals surface area contributed by atoms with Gasteiger partial charge in [-0.2, -0.15) is 0 Å². The topological polar surface area (TPSA) is 104 Å². The van der Waals surface area contributed by atoms with E-state index in [4.69, 9.17) is 0 Å². The van der Waals surface area contributed by atoms with E-state index in [9.17, 15) is 25.1 Å². The van der Waals surface area contributed by atoms with Crippen LogP contribution >= 0.6 is 11.8 Å². The number of aliphatic hydroxyl groups is 2. The molecule has 0 saturated carbocycles. The monoisotopic (exact) mass is 384 g/mol. The Balaban J connectivity index is 2.10. The van der Waals surface area contributed by atoms with Crippen molar-refractivity contribution in [3.8, 4) is 0 Å². The number of rotatable bonds is 3. The number of hydrogen-bond donors (Lipinski definition) is 2. The molecule has 0 aromatic heterocycles. The second kappa shape index (κ2) is 5.66. The van der Waals surface area contributed by atoms with Crippen LogP contribution in [0.5, 0.6) is 0 Å². The molecule has 2 aromatic carbocycles. The number of hydrogen-bond acceptors (Lipinski definition) is 7. The number of fused-ring (bicyclic) bond motifs is 3. The van der Waals surface area contributed by atoms with Crippen LogP contribution in [0.15, 0.2) is 59.3 Å². The second-order valence-electron chi connectivity index (χ2n) is 6.54. The summed E-state index contributed by atoms with van der Waals surface area (Å²) in [6.45, 7) is 1.89. The Kier molecular flexibility index (Phi) is 3.71. The molecule has 0 radical (unpaired) electrons. The molecule has 2 N–H and O–H groups in total. The molecule has 1 aliphatic carbocycles. The van der Waals surface area contributed by atoms with Gasteiger partial charge in [-0.15, -0.1) is 11.8 Å². The molecule has 1 heterocycles. The molecule has 1 aliphatic heterocycles. The van der Waals surface area contributed by atoms with Crippen molar-refractivity contribution < 1.29 is 19.9 Å². The Morgan fingerprint density at radius 3 is 2.33 bits per heavy atom. The Labute approximate surface area is 159 Å². The van der Waals surface area contributed by atoms with Crippen molar-refractivity contribution in [3.05, 3.63) is 86.1 Å². The quantitative estimate of drug-likeness (QED) is 0.618. The standard InChI is InChI=1S/C19H16N2O5S/c1-11-7-9-12(10-8-11)20-17(27-2)15(21(25)26)18(23)16(22)13-5-3-4-6-14(13)19(18,20)24/h3-10,23-24H,1-2H3/t18-,19+/m0/s1. The summed E-state index contributed by atoms with van der Waals surface area (Å²) in [6, 6.07) is 13.1. The van der Waals surface area contributed by atoms with Crippen molar-refractivity contribution in [3.63, 3.8) is 0 Å². The van der Waals surface area contributed by atoms with Crippen LogP contribution in [-0.4, -0.2) is 32.8 Å². The third kappa shape index (κ3) is 1.97. The molecule has 2 atom stereocenters. The van der Waals surface area contributed by atoms with E-state index in [1.807, 2.05) is 6.92 Å². The third-order valence-electron chi connectivity index (χ3n) is 5.12. The van der Waals surface area contributed by atoms with Crippen LogP contribution < -0.4 is 4.90 Å². The molecule has 0 amide bonds. The van der Waals surface area contributed by atoms with Gasteiger partial charge in [0.2, 0.25) is 11.5 Å². The lowest BCUT2D eigenvalue weighted by Crippen LogP contribution is -2.58. The number of thioether (sulfide) groups is 1. The van der Waals surface area contributed by atoms with Crippen molar-refractivity contribution in [2.75, 3.05) is 11.2 Å². The number of benzene rings is 2.